The molecule has 1 N–H and O–H groups in total. The van der Waals surface area contributed by atoms with Crippen LogP contribution in [-0.4, -0.2) is 27.5 Å². The van der Waals surface area contributed by atoms with E-state index in [1.165, 1.54) is 24.6 Å². The summed E-state index contributed by atoms with van der Waals surface area (Å²) in [5.41, 5.74) is 3.51. The van der Waals surface area contributed by atoms with Crippen molar-refractivity contribution in [3.05, 3.63) is 54.1 Å². The fourth-order valence-electron chi connectivity index (χ4n) is 3.80. The predicted molar refractivity (Wildman–Crippen MR) is 113 cm³/mol. The van der Waals surface area contributed by atoms with Crippen molar-refractivity contribution in [1.29, 1.82) is 0 Å². The molecular formula is C22H22N4O2S. The lowest BCUT2D eigenvalue weighted by Gasteiger charge is -2.20. The van der Waals surface area contributed by atoms with Gasteiger partial charge in [-0.15, -0.1) is 10.2 Å². The van der Waals surface area contributed by atoms with Crippen molar-refractivity contribution in [3.63, 3.8) is 0 Å². The van der Waals surface area contributed by atoms with Gasteiger partial charge in [-0.05, 0) is 62.3 Å². The number of benzene rings is 2. The van der Waals surface area contributed by atoms with Gasteiger partial charge in [0.25, 0.3) is 0 Å². The van der Waals surface area contributed by atoms with E-state index in [1.54, 1.807) is 0 Å². The van der Waals surface area contributed by atoms with Crippen molar-refractivity contribution in [2.75, 3.05) is 11.6 Å². The average Bonchev–Trinajstić information content (AvgIpc) is 3.21. The number of anilines is 1. The minimum Gasteiger partial charge on any atom is -0.490 e. The lowest BCUT2D eigenvalue weighted by atomic mass is 10.1. The first-order valence-electron chi connectivity index (χ1n) is 9.88. The van der Waals surface area contributed by atoms with Crippen LogP contribution in [0.5, 0.6) is 11.6 Å². The number of hydrogen-bond acceptors (Lipinski definition) is 7. The van der Waals surface area contributed by atoms with E-state index in [4.69, 9.17) is 9.47 Å². The van der Waals surface area contributed by atoms with E-state index in [1.807, 2.05) is 54.8 Å². The number of nitrogens with zero attached hydrogens (tertiary/aromatic N) is 3. The van der Waals surface area contributed by atoms with Crippen molar-refractivity contribution in [2.45, 2.75) is 43.2 Å². The van der Waals surface area contributed by atoms with Crippen LogP contribution in [0.2, 0.25) is 0 Å². The summed E-state index contributed by atoms with van der Waals surface area (Å²) in [7, 11) is 0. The van der Waals surface area contributed by atoms with E-state index in [-0.39, 0.29) is 6.23 Å². The molecule has 1 saturated carbocycles. The molecule has 7 heteroatoms. The minimum absolute atomic E-state index is 0.347. The molecule has 29 heavy (non-hydrogen) atoms. The standard InChI is InChI=1S/C22H22N4O2S/c1-29-22-24-21-19(25-26-22)17-8-4-5-9-18(17)23-20(28-21)14-10-12-16(13-11-14)27-15-6-2-3-7-15/h4-5,8-13,15,20,23H,2-3,6-7H2,1H3/t20-/m0/s1. The largest absolute Gasteiger partial charge is 0.490 e. The Balaban J connectivity index is 1.46. The number of thioether (sulfide) groups is 1. The number of nitrogens with one attached hydrogen (secondary N) is 1. The Hall–Kier alpha value is -2.80. The fourth-order valence-corrected chi connectivity index (χ4v) is 4.10. The third-order valence-corrected chi connectivity index (χ3v) is 5.84. The molecule has 6 nitrogen and oxygen atoms in total. The monoisotopic (exact) mass is 406 g/mol. The van der Waals surface area contributed by atoms with Gasteiger partial charge in [-0.1, -0.05) is 30.0 Å². The van der Waals surface area contributed by atoms with Crippen LogP contribution in [0, 0.1) is 0 Å². The second-order valence-corrected chi connectivity index (χ2v) is 8.01. The van der Waals surface area contributed by atoms with Gasteiger partial charge < -0.3 is 14.8 Å². The Bertz CT molecular complexity index is 1010. The summed E-state index contributed by atoms with van der Waals surface area (Å²) in [5, 5.41) is 12.6. The number of para-hydroxylation sites is 1. The lowest BCUT2D eigenvalue weighted by Crippen LogP contribution is -2.17. The highest BCUT2D eigenvalue weighted by Crippen LogP contribution is 2.39. The van der Waals surface area contributed by atoms with Gasteiger partial charge in [0, 0.05) is 16.8 Å². The van der Waals surface area contributed by atoms with Crippen LogP contribution < -0.4 is 14.8 Å². The molecule has 1 fully saturated rings. The van der Waals surface area contributed by atoms with E-state index < -0.39 is 0 Å². The molecular weight excluding hydrogens is 384 g/mol. The molecule has 2 aromatic carbocycles. The molecule has 0 spiro atoms. The van der Waals surface area contributed by atoms with Gasteiger partial charge in [-0.2, -0.15) is 4.98 Å². The fraction of sp³-hybridized carbons (Fsp3) is 0.318. The number of ether oxygens (including phenoxy) is 2. The number of fused-ring (bicyclic) bond motifs is 3. The zero-order valence-electron chi connectivity index (χ0n) is 16.2. The third kappa shape index (κ3) is 3.74. The van der Waals surface area contributed by atoms with Gasteiger partial charge in [-0.25, -0.2) is 0 Å². The molecule has 0 radical (unpaired) electrons. The molecule has 5 rings (SSSR count). The molecule has 148 valence electrons. The summed E-state index contributed by atoms with van der Waals surface area (Å²) in [6.07, 6.45) is 6.70. The Morgan fingerprint density at radius 2 is 1.83 bits per heavy atom. The first-order chi connectivity index (χ1) is 14.3. The molecule has 1 aliphatic heterocycles. The molecule has 1 aliphatic carbocycles. The molecule has 1 atom stereocenters. The summed E-state index contributed by atoms with van der Waals surface area (Å²) in [6.45, 7) is 0. The van der Waals surface area contributed by atoms with Crippen molar-refractivity contribution < 1.29 is 9.47 Å². The van der Waals surface area contributed by atoms with Crippen LogP contribution in [0.15, 0.2) is 53.7 Å². The predicted octanol–water partition coefficient (Wildman–Crippen LogP) is 5.09. The zero-order valence-corrected chi connectivity index (χ0v) is 17.0. The van der Waals surface area contributed by atoms with Crippen LogP contribution in [0.3, 0.4) is 0 Å². The zero-order chi connectivity index (χ0) is 19.6. The smallest absolute Gasteiger partial charge is 0.247 e. The maximum Gasteiger partial charge on any atom is 0.247 e. The molecule has 1 aromatic heterocycles. The Labute approximate surface area is 174 Å². The SMILES string of the molecule is CSc1nnc2c(n1)O[C@@H](c1ccc(OC3CCCC3)cc1)Nc1ccccc1-2. The molecule has 3 aromatic rings. The topological polar surface area (TPSA) is 69.2 Å². The van der Waals surface area contributed by atoms with Gasteiger partial charge in [0.05, 0.1) is 6.10 Å². The van der Waals surface area contributed by atoms with Gasteiger partial charge in [0.2, 0.25) is 11.0 Å². The average molecular weight is 407 g/mol. The Morgan fingerprint density at radius 3 is 2.62 bits per heavy atom. The van der Waals surface area contributed by atoms with Crippen LogP contribution in [0.25, 0.3) is 11.3 Å². The summed E-state index contributed by atoms with van der Waals surface area (Å²) >= 11 is 1.44. The van der Waals surface area contributed by atoms with E-state index >= 15 is 0 Å². The van der Waals surface area contributed by atoms with Crippen molar-refractivity contribution >= 4 is 17.4 Å². The summed E-state index contributed by atoms with van der Waals surface area (Å²) in [5.74, 6) is 1.39. The van der Waals surface area contributed by atoms with Crippen LogP contribution in [0.1, 0.15) is 37.5 Å². The van der Waals surface area contributed by atoms with Gasteiger partial charge in [0.15, 0.2) is 11.9 Å². The van der Waals surface area contributed by atoms with Gasteiger partial charge in [0.1, 0.15) is 5.75 Å². The first kappa shape index (κ1) is 18.2. The first-order valence-corrected chi connectivity index (χ1v) is 11.1. The van der Waals surface area contributed by atoms with Crippen molar-refractivity contribution in [2.24, 2.45) is 0 Å². The molecule has 0 unspecified atom stereocenters. The quantitative estimate of drug-likeness (QED) is 0.606. The molecule has 0 bridgehead atoms. The Morgan fingerprint density at radius 1 is 1.03 bits per heavy atom. The van der Waals surface area contributed by atoms with Crippen molar-refractivity contribution in [3.8, 4) is 22.9 Å². The molecule has 0 saturated heterocycles. The number of rotatable bonds is 4. The Kier molecular flexibility index (Phi) is 4.97. The van der Waals surface area contributed by atoms with Crippen molar-refractivity contribution in [1.82, 2.24) is 15.2 Å². The van der Waals surface area contributed by atoms with Crippen LogP contribution >= 0.6 is 11.8 Å². The highest BCUT2D eigenvalue weighted by molar-refractivity contribution is 7.98. The molecule has 0 amide bonds. The normalized spacial score (nSPS) is 18.2. The van der Waals surface area contributed by atoms with E-state index in [0.717, 1.165) is 35.4 Å². The minimum atomic E-state index is -0.385. The summed E-state index contributed by atoms with van der Waals surface area (Å²) in [4.78, 5) is 4.55. The maximum atomic E-state index is 6.26. The van der Waals surface area contributed by atoms with E-state index in [0.29, 0.717) is 22.8 Å². The van der Waals surface area contributed by atoms with E-state index in [2.05, 4.69) is 20.5 Å². The second-order valence-electron chi connectivity index (χ2n) is 7.23. The highest BCUT2D eigenvalue weighted by atomic mass is 32.2. The van der Waals surface area contributed by atoms with Gasteiger partial charge >= 0.3 is 0 Å². The summed E-state index contributed by atoms with van der Waals surface area (Å²) in [6, 6.07) is 16.1. The van der Waals surface area contributed by atoms with E-state index in [9.17, 15) is 0 Å². The van der Waals surface area contributed by atoms with Gasteiger partial charge in [-0.3, -0.25) is 0 Å². The number of hydrogen-bond donors (Lipinski definition) is 1. The molecule has 2 aliphatic rings. The molecule has 2 heterocycles. The second kappa shape index (κ2) is 7.91. The highest BCUT2D eigenvalue weighted by Gasteiger charge is 2.26. The maximum absolute atomic E-state index is 6.26. The van der Waals surface area contributed by atoms with Crippen LogP contribution in [-0.2, 0) is 0 Å². The lowest BCUT2D eigenvalue weighted by molar-refractivity contribution is 0.209. The summed E-state index contributed by atoms with van der Waals surface area (Å²) < 4.78 is 12.4. The number of aromatic nitrogens is 3. The third-order valence-electron chi connectivity index (χ3n) is 5.30. The van der Waals surface area contributed by atoms with Crippen LogP contribution in [0.4, 0.5) is 5.69 Å².